The van der Waals surface area contributed by atoms with Gasteiger partial charge in [0.15, 0.2) is 0 Å². The van der Waals surface area contributed by atoms with E-state index >= 15 is 0 Å². The Kier molecular flexibility index (Phi) is 5.90. The van der Waals surface area contributed by atoms with Gasteiger partial charge in [-0.25, -0.2) is 9.97 Å². The van der Waals surface area contributed by atoms with Crippen LogP contribution in [-0.4, -0.2) is 45.9 Å². The predicted octanol–water partition coefficient (Wildman–Crippen LogP) is 3.64. The van der Waals surface area contributed by atoms with Gasteiger partial charge in [0.1, 0.15) is 5.58 Å². The van der Waals surface area contributed by atoms with Crippen LogP contribution in [0.25, 0.3) is 22.2 Å². The molecule has 1 aliphatic rings. The van der Waals surface area contributed by atoms with E-state index in [1.54, 1.807) is 24.9 Å². The van der Waals surface area contributed by atoms with E-state index in [9.17, 15) is 9.59 Å². The Morgan fingerprint density at radius 1 is 1.00 bits per heavy atom. The van der Waals surface area contributed by atoms with Gasteiger partial charge in [0.25, 0.3) is 5.91 Å². The summed E-state index contributed by atoms with van der Waals surface area (Å²) in [7, 11) is 0. The second-order valence-corrected chi connectivity index (χ2v) is 8.26. The van der Waals surface area contributed by atoms with Crippen molar-refractivity contribution in [2.75, 3.05) is 23.3 Å². The molecule has 4 aromatic rings. The number of carbonyl (C=O) groups excluding carboxylic acids is 2. The van der Waals surface area contributed by atoms with Crippen LogP contribution in [0.15, 0.2) is 65.7 Å². The molecule has 34 heavy (non-hydrogen) atoms. The number of piperidine rings is 1. The molecule has 9 heteroatoms. The van der Waals surface area contributed by atoms with Crippen LogP contribution >= 0.6 is 0 Å². The van der Waals surface area contributed by atoms with Crippen LogP contribution in [0.4, 0.5) is 11.6 Å². The number of hydrogen-bond acceptors (Lipinski definition) is 7. The highest BCUT2D eigenvalue weighted by atomic mass is 16.3. The number of furan rings is 1. The number of benzene rings is 1. The van der Waals surface area contributed by atoms with Gasteiger partial charge in [-0.3, -0.25) is 14.6 Å². The van der Waals surface area contributed by atoms with Crippen molar-refractivity contribution in [3.63, 3.8) is 0 Å². The highest BCUT2D eigenvalue weighted by Crippen LogP contribution is 2.27. The Morgan fingerprint density at radius 2 is 1.74 bits per heavy atom. The minimum atomic E-state index is -0.158. The molecule has 1 aromatic carbocycles. The summed E-state index contributed by atoms with van der Waals surface area (Å²) in [5.74, 6) is 0.376. The monoisotopic (exact) mass is 456 g/mol. The van der Waals surface area contributed by atoms with Gasteiger partial charge in [-0.2, -0.15) is 0 Å². The van der Waals surface area contributed by atoms with Crippen LogP contribution in [0.2, 0.25) is 0 Å². The molecule has 5 rings (SSSR count). The van der Waals surface area contributed by atoms with Gasteiger partial charge < -0.3 is 20.0 Å². The van der Waals surface area contributed by atoms with Gasteiger partial charge >= 0.3 is 0 Å². The standard InChI is InChI=1S/C25H24N6O3/c1-16(32)29-20-14-27-25(28-15-20)31-11-7-19(8-12-31)30-24(33)18-4-2-17(3-5-18)23-21-9-13-34-22(21)6-10-26-23/h2-6,9-10,13-15,19H,7-8,11-12H2,1H3,(H,29,32)(H,30,33). The van der Waals surface area contributed by atoms with Crippen LogP contribution in [-0.2, 0) is 4.79 Å². The topological polar surface area (TPSA) is 113 Å². The summed E-state index contributed by atoms with van der Waals surface area (Å²) < 4.78 is 5.45. The number of nitrogens with one attached hydrogen (secondary N) is 2. The minimum Gasteiger partial charge on any atom is -0.464 e. The molecule has 2 N–H and O–H groups in total. The van der Waals surface area contributed by atoms with Crippen LogP contribution < -0.4 is 15.5 Å². The number of fused-ring (bicyclic) bond motifs is 1. The number of nitrogens with zero attached hydrogens (tertiary/aromatic N) is 4. The van der Waals surface area contributed by atoms with E-state index in [0.29, 0.717) is 17.2 Å². The van der Waals surface area contributed by atoms with E-state index in [1.807, 2.05) is 36.4 Å². The van der Waals surface area contributed by atoms with E-state index in [0.717, 1.165) is 48.2 Å². The molecule has 9 nitrogen and oxygen atoms in total. The van der Waals surface area contributed by atoms with E-state index < -0.39 is 0 Å². The van der Waals surface area contributed by atoms with E-state index in [2.05, 4.69) is 30.5 Å². The summed E-state index contributed by atoms with van der Waals surface area (Å²) in [6.45, 7) is 2.92. The summed E-state index contributed by atoms with van der Waals surface area (Å²) in [4.78, 5) is 39.2. The third-order valence-electron chi connectivity index (χ3n) is 5.87. The normalized spacial score (nSPS) is 14.2. The average molecular weight is 457 g/mol. The fourth-order valence-electron chi connectivity index (χ4n) is 4.15. The molecule has 0 radical (unpaired) electrons. The highest BCUT2D eigenvalue weighted by Gasteiger charge is 2.23. The largest absolute Gasteiger partial charge is 0.464 e. The second-order valence-electron chi connectivity index (χ2n) is 8.26. The molecule has 172 valence electrons. The second kappa shape index (κ2) is 9.30. The van der Waals surface area contributed by atoms with Crippen molar-refractivity contribution >= 4 is 34.4 Å². The van der Waals surface area contributed by atoms with Crippen molar-refractivity contribution in [3.8, 4) is 11.3 Å². The summed E-state index contributed by atoms with van der Waals surface area (Å²) in [5, 5.41) is 6.74. The Balaban J connectivity index is 1.17. The SMILES string of the molecule is CC(=O)Nc1cnc(N2CCC(NC(=O)c3ccc(-c4nccc5occc45)cc3)CC2)nc1. The molecule has 1 saturated heterocycles. The quantitative estimate of drug-likeness (QED) is 0.471. The number of amides is 2. The Bertz CT molecular complexity index is 1310. The van der Waals surface area contributed by atoms with Crippen LogP contribution in [0.5, 0.6) is 0 Å². The number of carbonyl (C=O) groups is 2. The molecular weight excluding hydrogens is 432 g/mol. The third kappa shape index (κ3) is 4.59. The van der Waals surface area contributed by atoms with Gasteiger partial charge in [-0.1, -0.05) is 12.1 Å². The lowest BCUT2D eigenvalue weighted by atomic mass is 10.0. The fraction of sp³-hybridized carbons (Fsp3) is 0.240. The maximum absolute atomic E-state index is 12.8. The number of pyridine rings is 1. The highest BCUT2D eigenvalue weighted by molar-refractivity contribution is 5.96. The number of hydrogen-bond donors (Lipinski definition) is 2. The third-order valence-corrected chi connectivity index (χ3v) is 5.87. The lowest BCUT2D eigenvalue weighted by molar-refractivity contribution is -0.114. The maximum atomic E-state index is 12.8. The first-order valence-electron chi connectivity index (χ1n) is 11.1. The predicted molar refractivity (Wildman–Crippen MR) is 128 cm³/mol. The van der Waals surface area contributed by atoms with E-state index in [1.165, 1.54) is 6.92 Å². The molecule has 1 fully saturated rings. The molecule has 0 unspecified atom stereocenters. The molecule has 1 aliphatic heterocycles. The van der Waals surface area contributed by atoms with Gasteiger partial charge in [-0.15, -0.1) is 0 Å². The molecule has 0 bridgehead atoms. The lowest BCUT2D eigenvalue weighted by Crippen LogP contribution is -2.45. The molecular formula is C25H24N6O3. The maximum Gasteiger partial charge on any atom is 0.251 e. The van der Waals surface area contributed by atoms with Gasteiger partial charge in [-0.05, 0) is 37.1 Å². The number of anilines is 2. The molecule has 0 aliphatic carbocycles. The Morgan fingerprint density at radius 3 is 2.44 bits per heavy atom. The van der Waals surface area contributed by atoms with Gasteiger partial charge in [0.2, 0.25) is 11.9 Å². The zero-order valence-electron chi connectivity index (χ0n) is 18.7. The van der Waals surface area contributed by atoms with Crippen LogP contribution in [0.3, 0.4) is 0 Å². The Labute approximate surface area is 196 Å². The zero-order chi connectivity index (χ0) is 23.5. The first kappa shape index (κ1) is 21.6. The fourth-order valence-corrected chi connectivity index (χ4v) is 4.15. The molecule has 0 spiro atoms. The van der Waals surface area contributed by atoms with Crippen molar-refractivity contribution in [1.82, 2.24) is 20.3 Å². The van der Waals surface area contributed by atoms with Gasteiger partial charge in [0.05, 0.1) is 30.0 Å². The van der Waals surface area contributed by atoms with Crippen molar-refractivity contribution in [2.24, 2.45) is 0 Å². The van der Waals surface area contributed by atoms with Crippen molar-refractivity contribution < 1.29 is 14.0 Å². The molecule has 4 heterocycles. The molecule has 2 amide bonds. The summed E-state index contributed by atoms with van der Waals surface area (Å²) in [5.41, 5.74) is 3.73. The lowest BCUT2D eigenvalue weighted by Gasteiger charge is -2.32. The summed E-state index contributed by atoms with van der Waals surface area (Å²) >= 11 is 0. The first-order chi connectivity index (χ1) is 16.6. The molecule has 3 aromatic heterocycles. The summed E-state index contributed by atoms with van der Waals surface area (Å²) in [6.07, 6.45) is 8.17. The summed E-state index contributed by atoms with van der Waals surface area (Å²) in [6, 6.07) is 11.3. The molecule has 0 saturated carbocycles. The van der Waals surface area contributed by atoms with Crippen molar-refractivity contribution in [2.45, 2.75) is 25.8 Å². The smallest absolute Gasteiger partial charge is 0.251 e. The van der Waals surface area contributed by atoms with Crippen molar-refractivity contribution in [1.29, 1.82) is 0 Å². The Hall–Kier alpha value is -4.27. The number of aromatic nitrogens is 3. The minimum absolute atomic E-state index is 0.0865. The van der Waals surface area contributed by atoms with E-state index in [-0.39, 0.29) is 17.9 Å². The number of rotatable bonds is 5. The first-order valence-corrected chi connectivity index (χ1v) is 11.1. The van der Waals surface area contributed by atoms with Crippen LogP contribution in [0.1, 0.15) is 30.1 Å². The van der Waals surface area contributed by atoms with Crippen molar-refractivity contribution in [3.05, 3.63) is 66.8 Å². The van der Waals surface area contributed by atoms with Crippen LogP contribution in [0, 0.1) is 0 Å². The van der Waals surface area contributed by atoms with E-state index in [4.69, 9.17) is 4.42 Å². The van der Waals surface area contributed by atoms with Gasteiger partial charge in [0, 0.05) is 48.8 Å². The zero-order valence-corrected chi connectivity index (χ0v) is 18.7. The average Bonchev–Trinajstić information content (AvgIpc) is 3.34. The molecule has 0 atom stereocenters.